The molecule has 0 unspecified atom stereocenters. The Morgan fingerprint density at radius 3 is 2.52 bits per heavy atom. The van der Waals surface area contributed by atoms with Crippen molar-refractivity contribution in [3.63, 3.8) is 0 Å². The van der Waals surface area contributed by atoms with E-state index in [4.69, 9.17) is 21.4 Å². The number of aliphatic carboxylic acids is 1. The summed E-state index contributed by atoms with van der Waals surface area (Å²) in [4.78, 5) is 10.9. The number of carbonyl (C=O) groups is 1. The van der Waals surface area contributed by atoms with Gasteiger partial charge in [0.05, 0.1) is 10.5 Å². The first-order valence-electron chi connectivity index (χ1n) is 8.88. The van der Waals surface area contributed by atoms with Gasteiger partial charge in [-0.25, -0.2) is 17.5 Å². The first kappa shape index (κ1) is 22.8. The second-order valence-electron chi connectivity index (χ2n) is 6.38. The maximum Gasteiger partial charge on any atom is 0.341 e. The summed E-state index contributed by atoms with van der Waals surface area (Å²) in [5.41, 5.74) is 1.76. The third kappa shape index (κ3) is 5.97. The molecule has 0 aromatic heterocycles. The fraction of sp³-hybridized carbons (Fsp3) is 0.286. The van der Waals surface area contributed by atoms with Gasteiger partial charge in [-0.05, 0) is 49.2 Å². The number of carboxylic acids is 1. The van der Waals surface area contributed by atoms with Gasteiger partial charge in [0, 0.05) is 24.2 Å². The van der Waals surface area contributed by atoms with Crippen LogP contribution in [0.5, 0.6) is 5.75 Å². The molecule has 0 bridgehead atoms. The van der Waals surface area contributed by atoms with Crippen molar-refractivity contribution < 1.29 is 23.1 Å². The Labute approximate surface area is 176 Å². The van der Waals surface area contributed by atoms with Gasteiger partial charge in [0.25, 0.3) is 0 Å². The lowest BCUT2D eigenvalue weighted by Crippen LogP contribution is -2.27. The Morgan fingerprint density at radius 1 is 1.17 bits per heavy atom. The van der Waals surface area contributed by atoms with Crippen LogP contribution >= 0.6 is 11.6 Å². The van der Waals surface area contributed by atoms with Gasteiger partial charge in [0.15, 0.2) is 6.61 Å². The minimum absolute atomic E-state index is 0.164. The zero-order valence-electron chi connectivity index (χ0n) is 16.4. The number of benzene rings is 2. The molecule has 8 heteroatoms. The number of nitrogens with zero attached hydrogens (tertiary/aromatic N) is 1. The second-order valence-corrected chi connectivity index (χ2v) is 8.86. The van der Waals surface area contributed by atoms with Crippen LogP contribution in [0.25, 0.3) is 0 Å². The van der Waals surface area contributed by atoms with E-state index in [1.807, 2.05) is 13.8 Å². The molecule has 0 aliphatic heterocycles. The second kappa shape index (κ2) is 9.79. The lowest BCUT2D eigenvalue weighted by atomic mass is 10.1. The molecule has 0 atom stereocenters. The van der Waals surface area contributed by atoms with Crippen LogP contribution in [0.1, 0.15) is 30.0 Å². The van der Waals surface area contributed by atoms with Crippen molar-refractivity contribution in [3.8, 4) is 17.6 Å². The van der Waals surface area contributed by atoms with Crippen molar-refractivity contribution in [3.05, 3.63) is 58.1 Å². The molecule has 2 aromatic rings. The maximum atomic E-state index is 12.7. The van der Waals surface area contributed by atoms with Crippen LogP contribution < -0.4 is 4.74 Å². The van der Waals surface area contributed by atoms with Crippen LogP contribution in [0.3, 0.4) is 0 Å². The van der Waals surface area contributed by atoms with E-state index >= 15 is 0 Å². The van der Waals surface area contributed by atoms with Gasteiger partial charge in [-0.15, -0.1) is 0 Å². The predicted molar refractivity (Wildman–Crippen MR) is 112 cm³/mol. The smallest absolute Gasteiger partial charge is 0.341 e. The topological polar surface area (TPSA) is 83.9 Å². The molecule has 6 nitrogen and oxygen atoms in total. The van der Waals surface area contributed by atoms with Crippen LogP contribution in [0, 0.1) is 18.8 Å². The van der Waals surface area contributed by atoms with E-state index in [-0.39, 0.29) is 10.6 Å². The molecule has 1 N–H and O–H groups in total. The fourth-order valence-corrected chi connectivity index (χ4v) is 3.97. The van der Waals surface area contributed by atoms with Crippen molar-refractivity contribution in [2.45, 2.75) is 25.2 Å². The standard InChI is InChI=1S/C21H22ClNO5S/c1-4-11-23(3)29(26,27)19-9-5-15(2)16(13-19)6-7-17-12-18(22)8-10-20(17)28-14-21(24)25/h5,8-10,12-13H,4,11,14H2,1-3H3,(H,24,25). The van der Waals surface area contributed by atoms with E-state index in [1.165, 1.54) is 10.4 Å². The molecule has 2 rings (SSSR count). The van der Waals surface area contributed by atoms with Crippen LogP contribution in [-0.4, -0.2) is 44.0 Å². The molecule has 154 valence electrons. The Hall–Kier alpha value is -2.53. The van der Waals surface area contributed by atoms with Crippen molar-refractivity contribution in [2.24, 2.45) is 0 Å². The molecule has 0 radical (unpaired) electrons. The van der Waals surface area contributed by atoms with Gasteiger partial charge in [0.2, 0.25) is 10.0 Å². The van der Waals surface area contributed by atoms with Gasteiger partial charge in [-0.2, -0.15) is 0 Å². The molecular formula is C21H22ClNO5S. The number of halogens is 1. The number of carboxylic acid groups (broad SMARTS) is 1. The Morgan fingerprint density at radius 2 is 1.86 bits per heavy atom. The summed E-state index contributed by atoms with van der Waals surface area (Å²) >= 11 is 6.02. The van der Waals surface area contributed by atoms with E-state index < -0.39 is 22.6 Å². The van der Waals surface area contributed by atoms with Crippen LogP contribution in [0.4, 0.5) is 0 Å². The third-order valence-electron chi connectivity index (χ3n) is 4.08. The van der Waals surface area contributed by atoms with Crippen LogP contribution in [-0.2, 0) is 14.8 Å². The molecule has 2 aromatic carbocycles. The van der Waals surface area contributed by atoms with Crippen molar-refractivity contribution >= 4 is 27.6 Å². The summed E-state index contributed by atoms with van der Waals surface area (Å²) in [5, 5.41) is 9.23. The zero-order chi connectivity index (χ0) is 21.6. The summed E-state index contributed by atoms with van der Waals surface area (Å²) in [7, 11) is -2.06. The van der Waals surface area contributed by atoms with Crippen molar-refractivity contribution in [1.29, 1.82) is 0 Å². The van der Waals surface area contributed by atoms with Gasteiger partial charge in [0.1, 0.15) is 5.75 Å². The molecule has 0 fully saturated rings. The maximum absolute atomic E-state index is 12.7. The minimum atomic E-state index is -3.60. The number of sulfonamides is 1. The largest absolute Gasteiger partial charge is 0.481 e. The van der Waals surface area contributed by atoms with Gasteiger partial charge < -0.3 is 9.84 Å². The third-order valence-corrected chi connectivity index (χ3v) is 6.17. The molecule has 0 amide bonds. The SMILES string of the molecule is CCCN(C)S(=O)(=O)c1ccc(C)c(C#Cc2cc(Cl)ccc2OCC(=O)O)c1. The molecule has 0 saturated carbocycles. The first-order chi connectivity index (χ1) is 13.6. The van der Waals surface area contributed by atoms with Gasteiger partial charge in [-0.3, -0.25) is 0 Å². The molecule has 29 heavy (non-hydrogen) atoms. The van der Waals surface area contributed by atoms with E-state index in [0.717, 1.165) is 5.56 Å². The summed E-state index contributed by atoms with van der Waals surface area (Å²) in [5.74, 6) is 5.03. The highest BCUT2D eigenvalue weighted by Crippen LogP contribution is 2.23. The lowest BCUT2D eigenvalue weighted by Gasteiger charge is -2.16. The summed E-state index contributed by atoms with van der Waals surface area (Å²) in [6.07, 6.45) is 0.710. The average Bonchev–Trinajstić information content (AvgIpc) is 2.66. The zero-order valence-corrected chi connectivity index (χ0v) is 18.0. The van der Waals surface area contributed by atoms with Crippen molar-refractivity contribution in [1.82, 2.24) is 4.31 Å². The number of hydrogen-bond donors (Lipinski definition) is 1. The monoisotopic (exact) mass is 435 g/mol. The molecule has 0 aliphatic rings. The summed E-state index contributed by atoms with van der Waals surface area (Å²) < 4.78 is 31.9. The molecule has 0 aliphatic carbocycles. The number of aryl methyl sites for hydroxylation is 1. The van der Waals surface area contributed by atoms with E-state index in [2.05, 4.69) is 11.8 Å². The van der Waals surface area contributed by atoms with Gasteiger partial charge in [-0.1, -0.05) is 36.4 Å². The minimum Gasteiger partial charge on any atom is -0.481 e. The molecular weight excluding hydrogens is 414 g/mol. The Bertz CT molecular complexity index is 1070. The quantitative estimate of drug-likeness (QED) is 0.672. The lowest BCUT2D eigenvalue weighted by molar-refractivity contribution is -0.139. The van der Waals surface area contributed by atoms with E-state index in [0.29, 0.717) is 29.1 Å². The van der Waals surface area contributed by atoms with Crippen LogP contribution in [0.2, 0.25) is 5.02 Å². The Balaban J connectivity index is 2.43. The molecule has 0 saturated heterocycles. The average molecular weight is 436 g/mol. The highest BCUT2D eigenvalue weighted by Gasteiger charge is 2.20. The molecule has 0 heterocycles. The summed E-state index contributed by atoms with van der Waals surface area (Å²) in [6, 6.07) is 9.48. The predicted octanol–water partition coefficient (Wildman–Crippen LogP) is 3.54. The van der Waals surface area contributed by atoms with E-state index in [1.54, 1.807) is 37.4 Å². The van der Waals surface area contributed by atoms with E-state index in [9.17, 15) is 13.2 Å². The molecule has 0 spiro atoms. The number of ether oxygens (including phenoxy) is 1. The Kier molecular flexibility index (Phi) is 7.68. The number of hydrogen-bond acceptors (Lipinski definition) is 4. The normalized spacial score (nSPS) is 11.1. The highest BCUT2D eigenvalue weighted by atomic mass is 35.5. The van der Waals surface area contributed by atoms with Gasteiger partial charge >= 0.3 is 5.97 Å². The van der Waals surface area contributed by atoms with Crippen molar-refractivity contribution in [2.75, 3.05) is 20.2 Å². The first-order valence-corrected chi connectivity index (χ1v) is 10.7. The summed E-state index contributed by atoms with van der Waals surface area (Å²) in [6.45, 7) is 3.65. The number of rotatable bonds is 7. The van der Waals surface area contributed by atoms with Crippen LogP contribution in [0.15, 0.2) is 41.3 Å². The highest BCUT2D eigenvalue weighted by molar-refractivity contribution is 7.89. The fourth-order valence-electron chi connectivity index (χ4n) is 2.51.